The lowest BCUT2D eigenvalue weighted by molar-refractivity contribution is 0.185. The second-order valence-electron chi connectivity index (χ2n) is 8.34. The molecule has 2 aromatic carbocycles. The Morgan fingerprint density at radius 2 is 1.96 bits per heavy atom. The van der Waals surface area contributed by atoms with Gasteiger partial charge in [-0.05, 0) is 49.1 Å². The van der Waals surface area contributed by atoms with Crippen LogP contribution in [0, 0.1) is 11.2 Å². The zero-order valence-electron chi connectivity index (χ0n) is 16.1. The van der Waals surface area contributed by atoms with Crippen molar-refractivity contribution < 1.29 is 13.6 Å². The largest absolute Gasteiger partial charge is 0.333 e. The quantitative estimate of drug-likeness (QED) is 0.777. The molecule has 148 valence electrons. The van der Waals surface area contributed by atoms with Crippen LogP contribution in [0.1, 0.15) is 31.7 Å². The van der Waals surface area contributed by atoms with Crippen molar-refractivity contribution in [1.82, 2.24) is 10.2 Å². The number of amides is 2. The Balaban J connectivity index is 1.56. The molecule has 2 amide bonds. The Kier molecular flexibility index (Phi) is 5.09. The van der Waals surface area contributed by atoms with E-state index in [2.05, 4.69) is 5.32 Å². The summed E-state index contributed by atoms with van der Waals surface area (Å²) >= 11 is 0. The van der Waals surface area contributed by atoms with Gasteiger partial charge in [-0.3, -0.25) is 0 Å². The molecular formula is C23H26F2N2O. The predicted molar refractivity (Wildman–Crippen MR) is 106 cm³/mol. The summed E-state index contributed by atoms with van der Waals surface area (Å²) in [4.78, 5) is 14.5. The van der Waals surface area contributed by atoms with E-state index in [0.717, 1.165) is 24.8 Å². The molecule has 1 spiro atoms. The molecule has 2 atom stereocenters. The molecule has 3 nitrogen and oxygen atoms in total. The molecule has 1 heterocycles. The summed E-state index contributed by atoms with van der Waals surface area (Å²) in [5.74, 6) is -0.220. The number of likely N-dealkylation sites (tertiary alicyclic amines) is 1. The average molecular weight is 384 g/mol. The van der Waals surface area contributed by atoms with Gasteiger partial charge in [0.2, 0.25) is 0 Å². The third-order valence-corrected chi connectivity index (χ3v) is 6.05. The van der Waals surface area contributed by atoms with E-state index in [1.165, 1.54) is 0 Å². The van der Waals surface area contributed by atoms with Gasteiger partial charge in [0.25, 0.3) is 0 Å². The fourth-order valence-corrected chi connectivity index (χ4v) is 4.29. The number of halogens is 2. The number of carbonyl (C=O) groups is 1. The van der Waals surface area contributed by atoms with Gasteiger partial charge in [-0.1, -0.05) is 48.5 Å². The summed E-state index contributed by atoms with van der Waals surface area (Å²) in [6.07, 6.45) is 3.59. The number of nitrogens with one attached hydrogen (secondary N) is 1. The van der Waals surface area contributed by atoms with E-state index in [1.54, 1.807) is 24.0 Å². The second kappa shape index (κ2) is 7.53. The molecule has 1 saturated heterocycles. The number of hydrogen-bond acceptors (Lipinski definition) is 1. The molecule has 1 aliphatic heterocycles. The van der Waals surface area contributed by atoms with Gasteiger partial charge < -0.3 is 10.2 Å². The second-order valence-corrected chi connectivity index (χ2v) is 8.34. The average Bonchev–Trinajstić information content (AvgIpc) is 3.36. The summed E-state index contributed by atoms with van der Waals surface area (Å²) in [6, 6.07) is 14.2. The lowest BCUT2D eigenvalue weighted by atomic mass is 9.95. The van der Waals surface area contributed by atoms with Crippen LogP contribution in [0.5, 0.6) is 0 Å². The number of hydrogen-bond donors (Lipinski definition) is 1. The highest BCUT2D eigenvalue weighted by Gasteiger charge is 2.53. The summed E-state index contributed by atoms with van der Waals surface area (Å²) in [7, 11) is 0. The molecule has 1 saturated carbocycles. The molecular weight excluding hydrogens is 358 g/mol. The van der Waals surface area contributed by atoms with Gasteiger partial charge in [-0.15, -0.1) is 0 Å². The first-order valence-corrected chi connectivity index (χ1v) is 9.97. The van der Waals surface area contributed by atoms with Crippen LogP contribution in [-0.4, -0.2) is 36.2 Å². The van der Waals surface area contributed by atoms with Gasteiger partial charge in [-0.25, -0.2) is 13.6 Å². The van der Waals surface area contributed by atoms with Crippen molar-refractivity contribution in [2.75, 3.05) is 13.2 Å². The Hall–Kier alpha value is -2.43. The minimum atomic E-state index is -0.594. The Morgan fingerprint density at radius 3 is 2.64 bits per heavy atom. The molecule has 0 radical (unpaired) electrons. The number of carbonyl (C=O) groups excluding carboxylic acids is 1. The molecule has 28 heavy (non-hydrogen) atoms. The van der Waals surface area contributed by atoms with Crippen molar-refractivity contribution >= 4 is 6.03 Å². The highest BCUT2D eigenvalue weighted by Crippen LogP contribution is 2.55. The van der Waals surface area contributed by atoms with Crippen LogP contribution in [0.25, 0.3) is 11.1 Å². The minimum Gasteiger partial charge on any atom is -0.333 e. The Bertz CT molecular complexity index is 851. The summed E-state index contributed by atoms with van der Waals surface area (Å²) < 4.78 is 28.1. The molecule has 2 fully saturated rings. The first kappa shape index (κ1) is 18.9. The van der Waals surface area contributed by atoms with Gasteiger partial charge in [0.1, 0.15) is 12.5 Å². The van der Waals surface area contributed by atoms with Gasteiger partial charge in [0.15, 0.2) is 0 Å². The van der Waals surface area contributed by atoms with E-state index in [0.29, 0.717) is 24.1 Å². The third-order valence-electron chi connectivity index (χ3n) is 6.05. The highest BCUT2D eigenvalue weighted by molar-refractivity contribution is 5.75. The van der Waals surface area contributed by atoms with E-state index in [1.807, 2.05) is 36.4 Å². The number of benzene rings is 2. The van der Waals surface area contributed by atoms with E-state index >= 15 is 4.39 Å². The van der Waals surface area contributed by atoms with Crippen molar-refractivity contribution in [2.24, 2.45) is 5.41 Å². The summed E-state index contributed by atoms with van der Waals surface area (Å²) in [6.45, 7) is 1.74. The molecule has 4 rings (SSSR count). The number of nitrogens with zero attached hydrogens (tertiary/aromatic N) is 1. The lowest BCUT2D eigenvalue weighted by Crippen LogP contribution is -2.47. The van der Waals surface area contributed by atoms with Crippen molar-refractivity contribution in [2.45, 2.75) is 44.7 Å². The normalized spacial score (nSPS) is 21.0. The zero-order valence-corrected chi connectivity index (χ0v) is 16.1. The van der Waals surface area contributed by atoms with Gasteiger partial charge in [-0.2, -0.15) is 0 Å². The standard InChI is InChI=1S/C23H26F2N2O/c1-16(14-24)26-22(28)27-15-23(10-11-23)13-19(27)12-18-8-5-9-20(21(18)25)17-6-3-2-4-7-17/h2-9,16,19H,10-15H2,1H3,(H,26,28)/t16-,19+/m1/s1. The maximum absolute atomic E-state index is 15.2. The number of alkyl halides is 1. The maximum atomic E-state index is 15.2. The Morgan fingerprint density at radius 1 is 1.21 bits per heavy atom. The fourth-order valence-electron chi connectivity index (χ4n) is 4.29. The van der Waals surface area contributed by atoms with Crippen LogP contribution in [0.3, 0.4) is 0 Å². The molecule has 0 unspecified atom stereocenters. The summed E-state index contributed by atoms with van der Waals surface area (Å²) in [5, 5.41) is 2.72. The molecule has 2 aliphatic rings. The molecule has 1 aliphatic carbocycles. The predicted octanol–water partition coefficient (Wildman–Crippen LogP) is 4.96. The van der Waals surface area contributed by atoms with Gasteiger partial charge in [0.05, 0.1) is 6.04 Å². The van der Waals surface area contributed by atoms with Gasteiger partial charge >= 0.3 is 6.03 Å². The van der Waals surface area contributed by atoms with Crippen LogP contribution in [-0.2, 0) is 6.42 Å². The molecule has 2 aromatic rings. The van der Waals surface area contributed by atoms with Crippen LogP contribution < -0.4 is 5.32 Å². The van der Waals surface area contributed by atoms with Crippen molar-refractivity contribution in [3.8, 4) is 11.1 Å². The molecule has 5 heteroatoms. The highest BCUT2D eigenvalue weighted by atomic mass is 19.1. The maximum Gasteiger partial charge on any atom is 0.317 e. The number of rotatable bonds is 5. The van der Waals surface area contributed by atoms with E-state index in [9.17, 15) is 9.18 Å². The van der Waals surface area contributed by atoms with E-state index in [-0.39, 0.29) is 23.3 Å². The zero-order chi connectivity index (χ0) is 19.7. The molecule has 0 bridgehead atoms. The minimum absolute atomic E-state index is 0.0603. The van der Waals surface area contributed by atoms with E-state index < -0.39 is 12.7 Å². The van der Waals surface area contributed by atoms with Crippen LogP contribution in [0.15, 0.2) is 48.5 Å². The summed E-state index contributed by atoms with van der Waals surface area (Å²) in [5.41, 5.74) is 2.24. The van der Waals surface area contributed by atoms with Crippen molar-refractivity contribution in [3.63, 3.8) is 0 Å². The molecule has 0 aromatic heterocycles. The van der Waals surface area contributed by atoms with Crippen molar-refractivity contribution in [3.05, 3.63) is 59.9 Å². The SMILES string of the molecule is C[C@H](CF)NC(=O)N1CC2(CC2)C[C@@H]1Cc1cccc(-c2ccccc2)c1F. The van der Waals surface area contributed by atoms with Crippen LogP contribution in [0.4, 0.5) is 13.6 Å². The Labute approximate surface area is 164 Å². The fraction of sp³-hybridized carbons (Fsp3) is 0.435. The first-order chi connectivity index (χ1) is 13.5. The smallest absolute Gasteiger partial charge is 0.317 e. The molecule has 1 N–H and O–H groups in total. The van der Waals surface area contributed by atoms with Crippen LogP contribution in [0.2, 0.25) is 0 Å². The van der Waals surface area contributed by atoms with Crippen molar-refractivity contribution in [1.29, 1.82) is 0 Å². The third kappa shape index (κ3) is 3.75. The van der Waals surface area contributed by atoms with E-state index in [4.69, 9.17) is 0 Å². The monoisotopic (exact) mass is 384 g/mol. The number of urea groups is 1. The van der Waals surface area contributed by atoms with Gasteiger partial charge in [0, 0.05) is 18.2 Å². The topological polar surface area (TPSA) is 32.3 Å². The van der Waals surface area contributed by atoms with Crippen LogP contribution >= 0.6 is 0 Å². The lowest BCUT2D eigenvalue weighted by Gasteiger charge is -2.26. The first-order valence-electron chi connectivity index (χ1n) is 9.97.